The fourth-order valence-electron chi connectivity index (χ4n) is 11.3. The summed E-state index contributed by atoms with van der Waals surface area (Å²) in [7, 11) is 0. The van der Waals surface area contributed by atoms with Gasteiger partial charge in [-0.2, -0.15) is 0 Å². The van der Waals surface area contributed by atoms with Crippen molar-refractivity contribution in [1.29, 1.82) is 0 Å². The second-order valence-corrected chi connectivity index (χ2v) is 21.4. The SMILES string of the molecule is CC(C)(C)c1cc2c(cc1-c1ccccc1)B1c3cc(-c4ccccc4)c(C(C)(C)C)cc3N(c3cccc(-c4ccccc4)c3)c3cc(-c4ccccc4)cc(c31)N2c1cccc(-c2ccccc2)c1. The third-order valence-electron chi connectivity index (χ3n) is 14.7. The molecule has 0 atom stereocenters. The van der Waals surface area contributed by atoms with Crippen molar-refractivity contribution >= 4 is 57.2 Å². The molecule has 0 saturated carbocycles. The molecule has 0 bridgehead atoms. The molecule has 2 heterocycles. The molecule has 0 spiro atoms. The predicted octanol–water partition coefficient (Wildman–Crippen LogP) is 16.7. The zero-order chi connectivity index (χ0) is 48.4. The Kier molecular flexibility index (Phi) is 10.8. The molecule has 10 aromatic rings. The Morgan fingerprint density at radius 3 is 0.958 bits per heavy atom. The van der Waals surface area contributed by atoms with Crippen molar-refractivity contribution in [3.05, 3.63) is 248 Å². The first-order chi connectivity index (χ1) is 34.5. The van der Waals surface area contributed by atoms with Gasteiger partial charge < -0.3 is 9.80 Å². The molecule has 71 heavy (non-hydrogen) atoms. The Morgan fingerprint density at radius 2 is 0.606 bits per heavy atom. The molecule has 2 nitrogen and oxygen atoms in total. The number of fused-ring (bicyclic) bond motifs is 4. The molecule has 10 aromatic carbocycles. The normalized spacial score (nSPS) is 12.8. The Labute approximate surface area is 420 Å². The maximum absolute atomic E-state index is 2.60. The van der Waals surface area contributed by atoms with Crippen molar-refractivity contribution < 1.29 is 0 Å². The van der Waals surface area contributed by atoms with Gasteiger partial charge in [0.2, 0.25) is 0 Å². The standard InChI is InChI=1S/C68H57BN2/c1-67(2,3)58-44-62-60(42-56(58)49-30-18-10-19-31-49)69-61-43-57(50-32-20-11-21-33-50)59(68(4,5)6)45-63(61)71(55-37-23-35-52(39-55)47-26-14-8-15-27-47)65-41-53(48-28-16-9-17-29-48)40-64(66(65)69)70(62)54-36-22-34-51(38-54)46-24-12-7-13-25-46/h7-45H,1-6H3. The number of anilines is 6. The zero-order valence-electron chi connectivity index (χ0n) is 41.5. The number of hydrogen-bond acceptors (Lipinski definition) is 2. The molecule has 2 aliphatic heterocycles. The van der Waals surface area contributed by atoms with Crippen LogP contribution >= 0.6 is 0 Å². The number of rotatable bonds is 7. The van der Waals surface area contributed by atoms with Crippen molar-refractivity contribution in [3.8, 4) is 55.6 Å². The molecular formula is C68H57BN2. The van der Waals surface area contributed by atoms with E-state index in [1.807, 2.05) is 0 Å². The van der Waals surface area contributed by atoms with E-state index in [-0.39, 0.29) is 17.5 Å². The summed E-state index contributed by atoms with van der Waals surface area (Å²) in [6.45, 7) is 14.1. The van der Waals surface area contributed by atoms with Crippen LogP contribution in [0.25, 0.3) is 55.6 Å². The van der Waals surface area contributed by atoms with E-state index in [2.05, 4.69) is 288 Å². The number of nitrogens with zero attached hydrogens (tertiary/aromatic N) is 2. The van der Waals surface area contributed by atoms with E-state index in [1.54, 1.807) is 0 Å². The Hall–Kier alpha value is -8.14. The Balaban J connectivity index is 1.25. The molecule has 3 heteroatoms. The molecular weight excluding hydrogens is 856 g/mol. The summed E-state index contributed by atoms with van der Waals surface area (Å²) < 4.78 is 0. The van der Waals surface area contributed by atoms with Crippen molar-refractivity contribution in [2.75, 3.05) is 9.80 Å². The first-order valence-corrected chi connectivity index (χ1v) is 25.1. The molecule has 0 N–H and O–H groups in total. The average molecular weight is 913 g/mol. The van der Waals surface area contributed by atoms with Crippen molar-refractivity contribution in [3.63, 3.8) is 0 Å². The van der Waals surface area contributed by atoms with E-state index >= 15 is 0 Å². The quantitative estimate of drug-likeness (QED) is 0.147. The summed E-state index contributed by atoms with van der Waals surface area (Å²) in [5.74, 6) is 0. The molecule has 2 aliphatic rings. The molecule has 0 aromatic heterocycles. The van der Waals surface area contributed by atoms with Gasteiger partial charge in [0, 0.05) is 34.1 Å². The third kappa shape index (κ3) is 7.87. The minimum atomic E-state index is -0.164. The van der Waals surface area contributed by atoms with E-state index in [0.29, 0.717) is 0 Å². The second-order valence-electron chi connectivity index (χ2n) is 21.4. The van der Waals surface area contributed by atoms with E-state index in [4.69, 9.17) is 0 Å². The summed E-state index contributed by atoms with van der Waals surface area (Å²) in [6, 6.07) is 88.2. The average Bonchev–Trinajstić information content (AvgIpc) is 3.41. The highest BCUT2D eigenvalue weighted by atomic mass is 15.2. The molecule has 0 radical (unpaired) electrons. The molecule has 0 unspecified atom stereocenters. The lowest BCUT2D eigenvalue weighted by molar-refractivity contribution is 0.592. The van der Waals surface area contributed by atoms with Gasteiger partial charge in [-0.3, -0.25) is 0 Å². The molecule has 12 rings (SSSR count). The van der Waals surface area contributed by atoms with Gasteiger partial charge in [-0.1, -0.05) is 230 Å². The van der Waals surface area contributed by atoms with E-state index in [9.17, 15) is 0 Å². The first kappa shape index (κ1) is 44.1. The highest BCUT2D eigenvalue weighted by Gasteiger charge is 2.45. The van der Waals surface area contributed by atoms with E-state index in [1.165, 1.54) is 106 Å². The second kappa shape index (κ2) is 17.4. The van der Waals surface area contributed by atoms with Gasteiger partial charge in [-0.15, -0.1) is 0 Å². The van der Waals surface area contributed by atoms with E-state index in [0.717, 1.165) is 11.4 Å². The van der Waals surface area contributed by atoms with Crippen LogP contribution in [0.15, 0.2) is 237 Å². The van der Waals surface area contributed by atoms with Gasteiger partial charge in [0.15, 0.2) is 0 Å². The van der Waals surface area contributed by atoms with Crippen LogP contribution in [-0.4, -0.2) is 6.71 Å². The largest absolute Gasteiger partial charge is 0.311 e. The zero-order valence-corrected chi connectivity index (χ0v) is 41.5. The topological polar surface area (TPSA) is 6.48 Å². The molecule has 0 amide bonds. The fourth-order valence-corrected chi connectivity index (χ4v) is 11.3. The minimum Gasteiger partial charge on any atom is -0.311 e. The van der Waals surface area contributed by atoms with Crippen molar-refractivity contribution in [1.82, 2.24) is 0 Å². The highest BCUT2D eigenvalue weighted by Crippen LogP contribution is 2.50. The fraction of sp³-hybridized carbons (Fsp3) is 0.118. The van der Waals surface area contributed by atoms with Crippen molar-refractivity contribution in [2.24, 2.45) is 0 Å². The van der Waals surface area contributed by atoms with Crippen LogP contribution in [0, 0.1) is 0 Å². The summed E-state index contributed by atoms with van der Waals surface area (Å²) in [5.41, 5.74) is 25.4. The molecule has 342 valence electrons. The van der Waals surface area contributed by atoms with E-state index < -0.39 is 0 Å². The minimum absolute atomic E-state index is 0.107. The van der Waals surface area contributed by atoms with Gasteiger partial charge in [0.1, 0.15) is 0 Å². The van der Waals surface area contributed by atoms with Crippen molar-refractivity contribution in [2.45, 2.75) is 52.4 Å². The van der Waals surface area contributed by atoms with Crippen LogP contribution in [0.2, 0.25) is 0 Å². The summed E-state index contributed by atoms with van der Waals surface area (Å²) in [4.78, 5) is 5.19. The first-order valence-electron chi connectivity index (χ1n) is 25.1. The molecule has 0 saturated heterocycles. The number of benzene rings is 10. The highest BCUT2D eigenvalue weighted by molar-refractivity contribution is 7.00. The van der Waals surface area contributed by atoms with Gasteiger partial charge >= 0.3 is 0 Å². The summed E-state index contributed by atoms with van der Waals surface area (Å²) in [6.07, 6.45) is 0. The number of hydrogen-bond donors (Lipinski definition) is 0. The molecule has 0 aliphatic carbocycles. The van der Waals surface area contributed by atoms with Gasteiger partial charge in [-0.05, 0) is 143 Å². The summed E-state index contributed by atoms with van der Waals surface area (Å²) >= 11 is 0. The lowest BCUT2D eigenvalue weighted by Gasteiger charge is -2.46. The monoisotopic (exact) mass is 912 g/mol. The van der Waals surface area contributed by atoms with Crippen LogP contribution in [-0.2, 0) is 10.8 Å². The van der Waals surface area contributed by atoms with Gasteiger partial charge in [0.05, 0.1) is 0 Å². The van der Waals surface area contributed by atoms with Gasteiger partial charge in [0.25, 0.3) is 6.71 Å². The Bertz CT molecular complexity index is 3370. The lowest BCUT2D eigenvalue weighted by Crippen LogP contribution is -2.61. The molecule has 0 fully saturated rings. The van der Waals surface area contributed by atoms with Crippen LogP contribution in [0.1, 0.15) is 52.7 Å². The maximum Gasteiger partial charge on any atom is 0.252 e. The smallest absolute Gasteiger partial charge is 0.252 e. The maximum atomic E-state index is 2.60. The lowest BCUT2D eigenvalue weighted by atomic mass is 9.33. The van der Waals surface area contributed by atoms with Crippen LogP contribution in [0.4, 0.5) is 34.1 Å². The predicted molar refractivity (Wildman–Crippen MR) is 305 cm³/mol. The summed E-state index contributed by atoms with van der Waals surface area (Å²) in [5, 5.41) is 0. The van der Waals surface area contributed by atoms with Crippen LogP contribution in [0.3, 0.4) is 0 Å². The van der Waals surface area contributed by atoms with Crippen LogP contribution < -0.4 is 26.2 Å². The third-order valence-corrected chi connectivity index (χ3v) is 14.7. The Morgan fingerprint density at radius 1 is 0.282 bits per heavy atom. The van der Waals surface area contributed by atoms with Crippen LogP contribution in [0.5, 0.6) is 0 Å². The van der Waals surface area contributed by atoms with Gasteiger partial charge in [-0.25, -0.2) is 0 Å².